The summed E-state index contributed by atoms with van der Waals surface area (Å²) in [5.74, 6) is 1.94. The molecule has 94 valence electrons. The van der Waals surface area contributed by atoms with E-state index in [9.17, 15) is 0 Å². The van der Waals surface area contributed by atoms with Crippen LogP contribution in [-0.2, 0) is 0 Å². The molecule has 2 aliphatic rings. The van der Waals surface area contributed by atoms with E-state index in [1.807, 2.05) is 0 Å². The van der Waals surface area contributed by atoms with Gasteiger partial charge in [0.2, 0.25) is 0 Å². The van der Waals surface area contributed by atoms with Crippen molar-refractivity contribution in [3.63, 3.8) is 0 Å². The third-order valence-electron chi connectivity index (χ3n) is 4.78. The lowest BCUT2D eigenvalue weighted by Crippen LogP contribution is -2.34. The molecule has 0 spiro atoms. The van der Waals surface area contributed by atoms with Crippen LogP contribution in [0.5, 0.6) is 0 Å². The molecule has 2 rings (SSSR count). The number of hydrogen-bond acceptors (Lipinski definition) is 2. The first-order chi connectivity index (χ1) is 7.61. The van der Waals surface area contributed by atoms with Gasteiger partial charge in [0, 0.05) is 13.1 Å². The molecule has 2 fully saturated rings. The van der Waals surface area contributed by atoms with Crippen molar-refractivity contribution in [2.45, 2.75) is 46.0 Å². The zero-order chi connectivity index (χ0) is 11.6. The van der Waals surface area contributed by atoms with Crippen LogP contribution < -0.4 is 5.73 Å². The fraction of sp³-hybridized carbons (Fsp3) is 1.00. The van der Waals surface area contributed by atoms with Crippen molar-refractivity contribution in [2.24, 2.45) is 23.0 Å². The predicted octanol–water partition coefficient (Wildman–Crippen LogP) is 2.48. The van der Waals surface area contributed by atoms with Crippen molar-refractivity contribution in [2.75, 3.05) is 26.2 Å². The Kier molecular flexibility index (Phi) is 3.91. The lowest BCUT2D eigenvalue weighted by atomic mass is 9.83. The van der Waals surface area contributed by atoms with Gasteiger partial charge in [-0.2, -0.15) is 0 Å². The SMILES string of the molecule is CC1CCC(CN2CCC(C)(CN)C2)CC1. The highest BCUT2D eigenvalue weighted by atomic mass is 15.2. The highest BCUT2D eigenvalue weighted by molar-refractivity contribution is 4.88. The third kappa shape index (κ3) is 2.98. The minimum Gasteiger partial charge on any atom is -0.330 e. The Balaban J connectivity index is 1.75. The van der Waals surface area contributed by atoms with Crippen molar-refractivity contribution in [1.29, 1.82) is 0 Å². The first-order valence-electron chi connectivity index (χ1n) is 7.04. The van der Waals surface area contributed by atoms with E-state index in [1.54, 1.807) is 0 Å². The van der Waals surface area contributed by atoms with Gasteiger partial charge in [0.25, 0.3) is 0 Å². The fourth-order valence-electron chi connectivity index (χ4n) is 3.33. The Morgan fingerprint density at radius 2 is 1.94 bits per heavy atom. The maximum absolute atomic E-state index is 5.85. The van der Waals surface area contributed by atoms with E-state index < -0.39 is 0 Å². The van der Waals surface area contributed by atoms with Gasteiger partial charge in [0.05, 0.1) is 0 Å². The average molecular weight is 224 g/mol. The standard InChI is InChI=1S/C14H28N2/c1-12-3-5-13(6-4-12)9-16-8-7-14(2,10-15)11-16/h12-13H,3-11,15H2,1-2H3. The number of likely N-dealkylation sites (tertiary alicyclic amines) is 1. The van der Waals surface area contributed by atoms with Crippen LogP contribution in [0.2, 0.25) is 0 Å². The molecule has 1 saturated heterocycles. The first-order valence-corrected chi connectivity index (χ1v) is 7.04. The van der Waals surface area contributed by atoms with Gasteiger partial charge in [-0.3, -0.25) is 0 Å². The van der Waals surface area contributed by atoms with Crippen LogP contribution in [0.15, 0.2) is 0 Å². The summed E-state index contributed by atoms with van der Waals surface area (Å²) in [4.78, 5) is 2.66. The van der Waals surface area contributed by atoms with Gasteiger partial charge in [-0.1, -0.05) is 26.7 Å². The second-order valence-electron chi connectivity index (χ2n) is 6.63. The smallest absolute Gasteiger partial charge is 0.00480 e. The molecule has 1 aliphatic heterocycles. The molecule has 2 N–H and O–H groups in total. The zero-order valence-electron chi connectivity index (χ0n) is 11.0. The average Bonchev–Trinajstić information content (AvgIpc) is 2.65. The molecule has 1 unspecified atom stereocenters. The summed E-state index contributed by atoms with van der Waals surface area (Å²) in [6.45, 7) is 9.44. The molecule has 0 radical (unpaired) electrons. The first kappa shape index (κ1) is 12.4. The van der Waals surface area contributed by atoms with Gasteiger partial charge < -0.3 is 10.6 Å². The Labute approximate surface area is 101 Å². The molecular weight excluding hydrogens is 196 g/mol. The lowest BCUT2D eigenvalue weighted by molar-refractivity contribution is 0.195. The molecule has 0 amide bonds. The van der Waals surface area contributed by atoms with Crippen LogP contribution in [0.4, 0.5) is 0 Å². The molecule has 1 aliphatic carbocycles. The highest BCUT2D eigenvalue weighted by Crippen LogP contribution is 2.33. The van der Waals surface area contributed by atoms with Crippen molar-refractivity contribution in [3.8, 4) is 0 Å². The molecular formula is C14H28N2. The molecule has 2 heteroatoms. The van der Waals surface area contributed by atoms with Crippen molar-refractivity contribution in [1.82, 2.24) is 4.90 Å². The van der Waals surface area contributed by atoms with Gasteiger partial charge >= 0.3 is 0 Å². The van der Waals surface area contributed by atoms with E-state index in [1.165, 1.54) is 51.7 Å². The summed E-state index contributed by atoms with van der Waals surface area (Å²) in [7, 11) is 0. The summed E-state index contributed by atoms with van der Waals surface area (Å²) in [5, 5.41) is 0. The second-order valence-corrected chi connectivity index (χ2v) is 6.63. The summed E-state index contributed by atoms with van der Waals surface area (Å²) in [6, 6.07) is 0. The quantitative estimate of drug-likeness (QED) is 0.798. The van der Waals surface area contributed by atoms with Crippen LogP contribution in [-0.4, -0.2) is 31.1 Å². The molecule has 1 heterocycles. The second kappa shape index (κ2) is 5.05. The molecule has 1 saturated carbocycles. The van der Waals surface area contributed by atoms with Crippen molar-refractivity contribution in [3.05, 3.63) is 0 Å². The molecule has 0 aromatic carbocycles. The normalized spacial score (nSPS) is 41.4. The van der Waals surface area contributed by atoms with Gasteiger partial charge in [-0.15, -0.1) is 0 Å². The number of nitrogens with two attached hydrogens (primary N) is 1. The Hall–Kier alpha value is -0.0800. The predicted molar refractivity (Wildman–Crippen MR) is 69.3 cm³/mol. The van der Waals surface area contributed by atoms with Crippen molar-refractivity contribution < 1.29 is 0 Å². The molecule has 0 bridgehead atoms. The minimum absolute atomic E-state index is 0.405. The molecule has 1 atom stereocenters. The zero-order valence-corrected chi connectivity index (χ0v) is 11.0. The van der Waals surface area contributed by atoms with E-state index in [2.05, 4.69) is 18.7 Å². The summed E-state index contributed by atoms with van der Waals surface area (Å²) >= 11 is 0. The van der Waals surface area contributed by atoms with Crippen LogP contribution in [0, 0.1) is 17.3 Å². The summed E-state index contributed by atoms with van der Waals surface area (Å²) in [6.07, 6.45) is 7.11. The van der Waals surface area contributed by atoms with E-state index in [4.69, 9.17) is 5.73 Å². The highest BCUT2D eigenvalue weighted by Gasteiger charge is 2.33. The molecule has 0 aromatic rings. The number of nitrogens with zero attached hydrogens (tertiary/aromatic N) is 1. The Morgan fingerprint density at radius 3 is 2.50 bits per heavy atom. The molecule has 2 nitrogen and oxygen atoms in total. The van der Waals surface area contributed by atoms with E-state index in [-0.39, 0.29) is 0 Å². The van der Waals surface area contributed by atoms with Crippen LogP contribution in [0.3, 0.4) is 0 Å². The van der Waals surface area contributed by atoms with Gasteiger partial charge in [0.15, 0.2) is 0 Å². The van der Waals surface area contributed by atoms with Crippen LogP contribution in [0.25, 0.3) is 0 Å². The van der Waals surface area contributed by atoms with Gasteiger partial charge in [-0.05, 0) is 49.6 Å². The lowest BCUT2D eigenvalue weighted by Gasteiger charge is -2.30. The van der Waals surface area contributed by atoms with Crippen LogP contribution in [0.1, 0.15) is 46.0 Å². The Morgan fingerprint density at radius 1 is 1.25 bits per heavy atom. The largest absolute Gasteiger partial charge is 0.330 e. The molecule has 16 heavy (non-hydrogen) atoms. The third-order valence-corrected chi connectivity index (χ3v) is 4.78. The van der Waals surface area contributed by atoms with E-state index in [0.29, 0.717) is 5.41 Å². The minimum atomic E-state index is 0.405. The Bertz CT molecular complexity index is 221. The molecule has 0 aromatic heterocycles. The topological polar surface area (TPSA) is 29.3 Å². The fourth-order valence-corrected chi connectivity index (χ4v) is 3.33. The van der Waals surface area contributed by atoms with E-state index >= 15 is 0 Å². The summed E-state index contributed by atoms with van der Waals surface area (Å²) in [5.41, 5.74) is 6.26. The number of hydrogen-bond donors (Lipinski definition) is 1. The monoisotopic (exact) mass is 224 g/mol. The summed E-state index contributed by atoms with van der Waals surface area (Å²) < 4.78 is 0. The van der Waals surface area contributed by atoms with E-state index in [0.717, 1.165) is 18.4 Å². The maximum atomic E-state index is 5.85. The van der Waals surface area contributed by atoms with Gasteiger partial charge in [-0.25, -0.2) is 0 Å². The van der Waals surface area contributed by atoms with Crippen LogP contribution >= 0.6 is 0 Å². The van der Waals surface area contributed by atoms with Gasteiger partial charge in [0.1, 0.15) is 0 Å². The van der Waals surface area contributed by atoms with Crippen molar-refractivity contribution >= 4 is 0 Å². The number of rotatable bonds is 3. The maximum Gasteiger partial charge on any atom is 0.00480 e.